The van der Waals surface area contributed by atoms with E-state index in [2.05, 4.69) is 15.3 Å². The van der Waals surface area contributed by atoms with Gasteiger partial charge in [-0.2, -0.15) is 4.98 Å². The summed E-state index contributed by atoms with van der Waals surface area (Å²) in [5.41, 5.74) is 1.95. The number of anilines is 1. The van der Waals surface area contributed by atoms with Crippen LogP contribution >= 0.6 is 0 Å². The van der Waals surface area contributed by atoms with E-state index in [4.69, 9.17) is 4.42 Å². The number of carbonyl (C=O) groups excluding carboxylic acids is 1. The Morgan fingerprint density at radius 1 is 1.27 bits per heavy atom. The van der Waals surface area contributed by atoms with Crippen molar-refractivity contribution in [2.24, 2.45) is 0 Å². The van der Waals surface area contributed by atoms with Gasteiger partial charge in [-0.3, -0.25) is 9.78 Å². The fraction of sp³-hybridized carbons (Fsp3) is 0.316. The molecule has 1 aliphatic heterocycles. The summed E-state index contributed by atoms with van der Waals surface area (Å²) in [5, 5.41) is 3.25. The molecule has 132 valence electrons. The number of fused-ring (bicyclic) bond motifs is 1. The zero-order valence-corrected chi connectivity index (χ0v) is 13.9. The highest BCUT2D eigenvalue weighted by Gasteiger charge is 2.47. The van der Waals surface area contributed by atoms with Crippen LogP contribution in [0.1, 0.15) is 30.9 Å². The fourth-order valence-electron chi connectivity index (χ4n) is 3.73. The smallest absolute Gasteiger partial charge is 0.296 e. The molecule has 1 saturated heterocycles. The minimum absolute atomic E-state index is 0.115. The summed E-state index contributed by atoms with van der Waals surface area (Å²) < 4.78 is 19.1. The molecule has 1 aliphatic carbocycles. The second-order valence-corrected chi connectivity index (χ2v) is 6.85. The molecule has 2 aliphatic rings. The molecule has 1 N–H and O–H groups in total. The molecule has 7 heteroatoms. The quantitative estimate of drug-likeness (QED) is 0.780. The summed E-state index contributed by atoms with van der Waals surface area (Å²) >= 11 is 0. The average Bonchev–Trinajstić information content (AvgIpc) is 3.31. The average molecular weight is 352 g/mol. The van der Waals surface area contributed by atoms with Crippen LogP contribution in [0.5, 0.6) is 0 Å². The number of likely N-dealkylation sites (tertiary alicyclic amines) is 1. The van der Waals surface area contributed by atoms with Crippen molar-refractivity contribution >= 4 is 23.0 Å². The Morgan fingerprint density at radius 2 is 2.15 bits per heavy atom. The molecule has 2 atom stereocenters. The van der Waals surface area contributed by atoms with Crippen LogP contribution < -0.4 is 5.32 Å². The number of rotatable bonds is 4. The first kappa shape index (κ1) is 15.3. The maximum Gasteiger partial charge on any atom is 0.296 e. The zero-order valence-electron chi connectivity index (χ0n) is 13.9. The second kappa shape index (κ2) is 5.79. The Bertz CT molecular complexity index is 970. The van der Waals surface area contributed by atoms with Crippen LogP contribution in [0.15, 0.2) is 47.1 Å². The van der Waals surface area contributed by atoms with Crippen LogP contribution in [0.25, 0.3) is 11.1 Å². The maximum atomic E-state index is 13.4. The number of halogens is 1. The lowest BCUT2D eigenvalue weighted by Gasteiger charge is -2.28. The van der Waals surface area contributed by atoms with Gasteiger partial charge in [-0.15, -0.1) is 0 Å². The minimum Gasteiger partial charge on any atom is -0.424 e. The number of nitrogens with zero attached hydrogens (tertiary/aromatic N) is 3. The molecular weight excluding hydrogens is 335 g/mol. The van der Waals surface area contributed by atoms with Gasteiger partial charge < -0.3 is 14.6 Å². The van der Waals surface area contributed by atoms with Crippen molar-refractivity contribution in [3.05, 3.63) is 54.1 Å². The van der Waals surface area contributed by atoms with Crippen LogP contribution in [-0.2, 0) is 4.79 Å². The molecule has 1 aromatic carbocycles. The second-order valence-electron chi connectivity index (χ2n) is 6.85. The van der Waals surface area contributed by atoms with Gasteiger partial charge in [-0.25, -0.2) is 4.39 Å². The largest absolute Gasteiger partial charge is 0.424 e. The molecule has 0 bridgehead atoms. The van der Waals surface area contributed by atoms with E-state index in [1.807, 2.05) is 17.0 Å². The van der Waals surface area contributed by atoms with Gasteiger partial charge in [0.05, 0.1) is 12.1 Å². The van der Waals surface area contributed by atoms with E-state index in [1.165, 1.54) is 12.1 Å². The van der Waals surface area contributed by atoms with Gasteiger partial charge in [0.2, 0.25) is 5.91 Å². The van der Waals surface area contributed by atoms with Gasteiger partial charge in [0.1, 0.15) is 11.3 Å². The molecule has 2 aromatic heterocycles. The first-order valence-corrected chi connectivity index (χ1v) is 8.73. The standard InChI is InChI=1S/C19H17FN4O2/c20-12-3-6-16-14(8-12)22-19(26-16)23-15-9-17(25)24(13-4-5-13)18(15)11-2-1-7-21-10-11/h1-3,6-8,10,13,15,18H,4-5,9H2,(H,22,23)/t15-,18+/m1/s1. The summed E-state index contributed by atoms with van der Waals surface area (Å²) in [7, 11) is 0. The highest BCUT2D eigenvalue weighted by molar-refractivity contribution is 5.82. The third kappa shape index (κ3) is 2.60. The fourth-order valence-corrected chi connectivity index (χ4v) is 3.73. The van der Waals surface area contributed by atoms with E-state index in [-0.39, 0.29) is 23.8 Å². The molecule has 2 fully saturated rings. The van der Waals surface area contributed by atoms with Gasteiger partial charge in [-0.05, 0) is 36.6 Å². The highest BCUT2D eigenvalue weighted by atomic mass is 19.1. The number of pyridine rings is 1. The highest BCUT2D eigenvalue weighted by Crippen LogP contribution is 2.42. The summed E-state index contributed by atoms with van der Waals surface area (Å²) in [4.78, 5) is 23.1. The number of hydrogen-bond acceptors (Lipinski definition) is 5. The molecule has 0 spiro atoms. The number of benzene rings is 1. The van der Waals surface area contributed by atoms with Crippen LogP contribution in [0, 0.1) is 5.82 Å². The molecule has 1 amide bonds. The molecule has 26 heavy (non-hydrogen) atoms. The van der Waals surface area contributed by atoms with E-state index >= 15 is 0 Å². The van der Waals surface area contributed by atoms with Crippen LogP contribution in [0.2, 0.25) is 0 Å². The van der Waals surface area contributed by atoms with E-state index < -0.39 is 0 Å². The first-order valence-electron chi connectivity index (χ1n) is 8.73. The molecule has 1 saturated carbocycles. The molecule has 3 aromatic rings. The topological polar surface area (TPSA) is 71.3 Å². The number of hydrogen-bond donors (Lipinski definition) is 1. The lowest BCUT2D eigenvalue weighted by atomic mass is 10.0. The van der Waals surface area contributed by atoms with Crippen molar-refractivity contribution in [2.45, 2.75) is 37.4 Å². The molecule has 5 rings (SSSR count). The maximum absolute atomic E-state index is 13.4. The van der Waals surface area contributed by atoms with Crippen molar-refractivity contribution in [3.63, 3.8) is 0 Å². The van der Waals surface area contributed by atoms with Crippen LogP contribution in [0.3, 0.4) is 0 Å². The summed E-state index contributed by atoms with van der Waals surface area (Å²) in [6, 6.07) is 8.40. The number of carbonyl (C=O) groups is 1. The van der Waals surface area contributed by atoms with E-state index in [9.17, 15) is 9.18 Å². The van der Waals surface area contributed by atoms with E-state index in [0.717, 1.165) is 18.4 Å². The van der Waals surface area contributed by atoms with E-state index in [1.54, 1.807) is 18.5 Å². The lowest BCUT2D eigenvalue weighted by Crippen LogP contribution is -2.34. The van der Waals surface area contributed by atoms with Crippen LogP contribution in [0.4, 0.5) is 10.4 Å². The lowest BCUT2D eigenvalue weighted by molar-refractivity contribution is -0.129. The van der Waals surface area contributed by atoms with Gasteiger partial charge in [-0.1, -0.05) is 6.07 Å². The Balaban J connectivity index is 1.48. The third-order valence-corrected chi connectivity index (χ3v) is 4.99. The predicted octanol–water partition coefficient (Wildman–Crippen LogP) is 3.28. The number of oxazole rings is 1. The SMILES string of the molecule is O=C1C[C@@H](Nc2nc3cc(F)ccc3o2)[C@H](c2cccnc2)N1C1CC1. The Labute approximate surface area is 149 Å². The number of aromatic nitrogens is 2. The van der Waals surface area contributed by atoms with Crippen molar-refractivity contribution in [2.75, 3.05) is 5.32 Å². The van der Waals surface area contributed by atoms with Gasteiger partial charge in [0.15, 0.2) is 5.58 Å². The van der Waals surface area contributed by atoms with Gasteiger partial charge in [0, 0.05) is 30.9 Å². The summed E-state index contributed by atoms with van der Waals surface area (Å²) in [6.45, 7) is 0. The van der Waals surface area contributed by atoms with Crippen molar-refractivity contribution in [3.8, 4) is 0 Å². The van der Waals surface area contributed by atoms with Crippen molar-refractivity contribution in [1.29, 1.82) is 0 Å². The summed E-state index contributed by atoms with van der Waals surface area (Å²) in [6.07, 6.45) is 5.96. The predicted molar refractivity (Wildman–Crippen MR) is 92.8 cm³/mol. The molecule has 0 radical (unpaired) electrons. The molecule has 0 unspecified atom stereocenters. The monoisotopic (exact) mass is 352 g/mol. The normalized spacial score (nSPS) is 23.0. The number of amides is 1. The third-order valence-electron chi connectivity index (χ3n) is 4.99. The van der Waals surface area contributed by atoms with Crippen LogP contribution in [-0.4, -0.2) is 32.9 Å². The van der Waals surface area contributed by atoms with Crippen molar-refractivity contribution < 1.29 is 13.6 Å². The first-order chi connectivity index (χ1) is 12.7. The Kier molecular flexibility index (Phi) is 3.41. The number of nitrogens with one attached hydrogen (secondary N) is 1. The summed E-state index contributed by atoms with van der Waals surface area (Å²) in [5.74, 6) is -0.234. The Morgan fingerprint density at radius 3 is 2.92 bits per heavy atom. The Hall–Kier alpha value is -2.96. The van der Waals surface area contributed by atoms with E-state index in [0.29, 0.717) is 29.6 Å². The van der Waals surface area contributed by atoms with Crippen molar-refractivity contribution in [1.82, 2.24) is 14.9 Å². The zero-order chi connectivity index (χ0) is 17.7. The molecule has 6 nitrogen and oxygen atoms in total. The molecular formula is C19H17FN4O2. The van der Waals surface area contributed by atoms with Gasteiger partial charge in [0.25, 0.3) is 6.01 Å². The molecule has 3 heterocycles. The van der Waals surface area contributed by atoms with Gasteiger partial charge >= 0.3 is 0 Å². The minimum atomic E-state index is -0.360.